The van der Waals surface area contributed by atoms with E-state index in [2.05, 4.69) is 5.32 Å². The largest absolute Gasteiger partial charge is 0.351 e. The normalized spacial score (nSPS) is 19.5. The van der Waals surface area contributed by atoms with Gasteiger partial charge in [0.25, 0.3) is 0 Å². The van der Waals surface area contributed by atoms with Gasteiger partial charge in [-0.15, -0.1) is 23.4 Å². The number of alkyl halides is 1. The Kier molecular flexibility index (Phi) is 5.39. The van der Waals surface area contributed by atoms with Crippen LogP contribution in [0.2, 0.25) is 0 Å². The lowest BCUT2D eigenvalue weighted by Crippen LogP contribution is -2.33. The molecule has 1 amide bonds. The van der Waals surface area contributed by atoms with Gasteiger partial charge >= 0.3 is 0 Å². The number of hydrogen-bond donors (Lipinski definition) is 1. The molecule has 98 valence electrons. The fourth-order valence-corrected chi connectivity index (χ4v) is 3.40. The molecule has 0 aromatic heterocycles. The molecule has 2 nitrogen and oxygen atoms in total. The van der Waals surface area contributed by atoms with Gasteiger partial charge in [-0.25, -0.2) is 0 Å². The summed E-state index contributed by atoms with van der Waals surface area (Å²) in [6.45, 7) is 0.610. The van der Waals surface area contributed by atoms with Gasteiger partial charge in [0.05, 0.1) is 5.25 Å². The lowest BCUT2D eigenvalue weighted by atomic mass is 10.1. The molecule has 4 heteroatoms. The molecular weight excluding hydrogens is 266 g/mol. The summed E-state index contributed by atoms with van der Waals surface area (Å²) in [5.41, 5.74) is 2.23. The first kappa shape index (κ1) is 13.8. The Morgan fingerprint density at radius 3 is 2.61 bits per heavy atom. The van der Waals surface area contributed by atoms with E-state index in [0.717, 1.165) is 23.3 Å². The van der Waals surface area contributed by atoms with E-state index in [9.17, 15) is 4.79 Å². The van der Waals surface area contributed by atoms with Crippen molar-refractivity contribution < 1.29 is 4.79 Å². The maximum atomic E-state index is 11.9. The van der Waals surface area contributed by atoms with Crippen molar-refractivity contribution in [2.75, 3.05) is 5.75 Å². The Hall–Kier alpha value is -0.670. The van der Waals surface area contributed by atoms with Gasteiger partial charge in [0.15, 0.2) is 0 Å². The number of benzene rings is 1. The van der Waals surface area contributed by atoms with E-state index in [0.29, 0.717) is 12.4 Å². The number of carbonyl (C=O) groups excluding carboxylic acids is 1. The molecule has 1 aromatic carbocycles. The van der Waals surface area contributed by atoms with Crippen molar-refractivity contribution in [3.63, 3.8) is 0 Å². The first-order valence-corrected chi connectivity index (χ1v) is 7.91. The van der Waals surface area contributed by atoms with E-state index in [1.165, 1.54) is 12.8 Å². The minimum atomic E-state index is 0.154. The molecule has 0 aliphatic carbocycles. The highest BCUT2D eigenvalue weighted by Crippen LogP contribution is 2.25. The highest BCUT2D eigenvalue weighted by Gasteiger charge is 2.21. The zero-order chi connectivity index (χ0) is 12.8. The summed E-state index contributed by atoms with van der Waals surface area (Å²) in [6.07, 6.45) is 3.44. The van der Waals surface area contributed by atoms with E-state index in [4.69, 9.17) is 11.6 Å². The average molecular weight is 284 g/mol. The van der Waals surface area contributed by atoms with Crippen molar-refractivity contribution in [1.82, 2.24) is 5.32 Å². The molecule has 2 rings (SSSR count). The topological polar surface area (TPSA) is 29.1 Å². The number of amides is 1. The van der Waals surface area contributed by atoms with Gasteiger partial charge < -0.3 is 5.32 Å². The SMILES string of the molecule is O=C(NCc1ccc(CCl)cc1)C1CCCCS1. The van der Waals surface area contributed by atoms with E-state index in [1.54, 1.807) is 11.8 Å². The maximum absolute atomic E-state index is 11.9. The van der Waals surface area contributed by atoms with Gasteiger partial charge in [-0.05, 0) is 29.7 Å². The van der Waals surface area contributed by atoms with Crippen LogP contribution in [0.15, 0.2) is 24.3 Å². The minimum Gasteiger partial charge on any atom is -0.351 e. The van der Waals surface area contributed by atoms with Gasteiger partial charge in [0.2, 0.25) is 5.91 Å². The van der Waals surface area contributed by atoms with Crippen LogP contribution in [0.4, 0.5) is 0 Å². The quantitative estimate of drug-likeness (QED) is 0.859. The summed E-state index contributed by atoms with van der Waals surface area (Å²) >= 11 is 7.52. The van der Waals surface area contributed by atoms with Crippen molar-refractivity contribution in [2.45, 2.75) is 36.9 Å². The fourth-order valence-electron chi connectivity index (χ4n) is 2.00. The zero-order valence-corrected chi connectivity index (χ0v) is 11.9. The summed E-state index contributed by atoms with van der Waals surface area (Å²) in [6, 6.07) is 8.05. The van der Waals surface area contributed by atoms with Gasteiger partial charge in [0, 0.05) is 12.4 Å². The molecule has 1 unspecified atom stereocenters. The summed E-state index contributed by atoms with van der Waals surface area (Å²) in [5.74, 6) is 1.83. The summed E-state index contributed by atoms with van der Waals surface area (Å²) in [7, 11) is 0. The van der Waals surface area contributed by atoms with E-state index in [1.807, 2.05) is 24.3 Å². The van der Waals surface area contributed by atoms with Crippen LogP contribution in [0.1, 0.15) is 30.4 Å². The third-order valence-electron chi connectivity index (χ3n) is 3.12. The summed E-state index contributed by atoms with van der Waals surface area (Å²) in [4.78, 5) is 11.9. The van der Waals surface area contributed by atoms with Crippen LogP contribution in [0.25, 0.3) is 0 Å². The number of halogens is 1. The molecule has 1 aliphatic rings. The van der Waals surface area contributed by atoms with Gasteiger partial charge in [-0.1, -0.05) is 30.7 Å². The zero-order valence-electron chi connectivity index (χ0n) is 10.3. The lowest BCUT2D eigenvalue weighted by molar-refractivity contribution is -0.120. The molecule has 1 heterocycles. The van der Waals surface area contributed by atoms with Crippen LogP contribution < -0.4 is 5.32 Å². The van der Waals surface area contributed by atoms with Gasteiger partial charge in [-0.3, -0.25) is 4.79 Å². The molecule has 0 saturated carbocycles. The van der Waals surface area contributed by atoms with Gasteiger partial charge in [-0.2, -0.15) is 0 Å². The molecule has 1 fully saturated rings. The van der Waals surface area contributed by atoms with Crippen LogP contribution >= 0.6 is 23.4 Å². The Morgan fingerprint density at radius 2 is 2.00 bits per heavy atom. The Bertz CT molecular complexity index is 387. The second-order valence-corrected chi connectivity index (χ2v) is 6.10. The molecule has 1 saturated heterocycles. The average Bonchev–Trinajstić information content (AvgIpc) is 2.46. The fraction of sp³-hybridized carbons (Fsp3) is 0.500. The van der Waals surface area contributed by atoms with Crippen LogP contribution in [-0.2, 0) is 17.2 Å². The van der Waals surface area contributed by atoms with E-state index >= 15 is 0 Å². The van der Waals surface area contributed by atoms with Crippen LogP contribution in [0.3, 0.4) is 0 Å². The molecular formula is C14H18ClNOS. The number of hydrogen-bond acceptors (Lipinski definition) is 2. The minimum absolute atomic E-state index is 0.154. The standard InChI is InChI=1S/C14H18ClNOS/c15-9-11-4-6-12(7-5-11)10-16-14(17)13-3-1-2-8-18-13/h4-7,13H,1-3,8-10H2,(H,16,17). The third-order valence-corrected chi connectivity index (χ3v) is 4.80. The first-order chi connectivity index (χ1) is 8.79. The predicted octanol–water partition coefficient (Wildman–Crippen LogP) is 3.33. The number of nitrogens with one attached hydrogen (secondary N) is 1. The molecule has 0 bridgehead atoms. The van der Waals surface area contributed by atoms with Crippen molar-refractivity contribution in [1.29, 1.82) is 0 Å². The molecule has 0 radical (unpaired) electrons. The van der Waals surface area contributed by atoms with Crippen LogP contribution in [0.5, 0.6) is 0 Å². The third kappa shape index (κ3) is 3.92. The summed E-state index contributed by atoms with van der Waals surface area (Å²) < 4.78 is 0. The second kappa shape index (κ2) is 7.05. The van der Waals surface area contributed by atoms with Gasteiger partial charge in [0.1, 0.15) is 0 Å². The maximum Gasteiger partial charge on any atom is 0.233 e. The van der Waals surface area contributed by atoms with E-state index < -0.39 is 0 Å². The smallest absolute Gasteiger partial charge is 0.233 e. The lowest BCUT2D eigenvalue weighted by Gasteiger charge is -2.20. The highest BCUT2D eigenvalue weighted by molar-refractivity contribution is 8.00. The molecule has 1 atom stereocenters. The number of carbonyl (C=O) groups is 1. The van der Waals surface area contributed by atoms with Crippen LogP contribution in [-0.4, -0.2) is 16.9 Å². The van der Waals surface area contributed by atoms with Crippen molar-refractivity contribution in [3.05, 3.63) is 35.4 Å². The molecule has 18 heavy (non-hydrogen) atoms. The predicted molar refractivity (Wildman–Crippen MR) is 77.9 cm³/mol. The Morgan fingerprint density at radius 1 is 1.28 bits per heavy atom. The first-order valence-electron chi connectivity index (χ1n) is 6.32. The van der Waals surface area contributed by atoms with E-state index in [-0.39, 0.29) is 11.2 Å². The molecule has 1 aliphatic heterocycles. The molecule has 0 spiro atoms. The van der Waals surface area contributed by atoms with Crippen LogP contribution in [0, 0.1) is 0 Å². The highest BCUT2D eigenvalue weighted by atomic mass is 35.5. The summed E-state index contributed by atoms with van der Waals surface area (Å²) in [5, 5.41) is 3.17. The molecule has 1 aromatic rings. The Labute approximate surface area is 117 Å². The molecule has 1 N–H and O–H groups in total. The number of rotatable bonds is 4. The van der Waals surface area contributed by atoms with Crippen molar-refractivity contribution in [3.8, 4) is 0 Å². The van der Waals surface area contributed by atoms with Crippen molar-refractivity contribution >= 4 is 29.3 Å². The number of thioether (sulfide) groups is 1. The Balaban J connectivity index is 1.80. The van der Waals surface area contributed by atoms with Crippen molar-refractivity contribution in [2.24, 2.45) is 0 Å². The monoisotopic (exact) mass is 283 g/mol. The second-order valence-electron chi connectivity index (χ2n) is 4.52.